The Morgan fingerprint density at radius 3 is 0.956 bits per heavy atom. The van der Waals surface area contributed by atoms with E-state index in [-0.39, 0.29) is 46.5 Å². The summed E-state index contributed by atoms with van der Waals surface area (Å²) < 4.78 is 0. The average Bonchev–Trinajstić information content (AvgIpc) is 3.55. The second kappa shape index (κ2) is 18.5. The van der Waals surface area contributed by atoms with Crippen LogP contribution >= 0.6 is 0 Å². The number of hydrogen-bond donors (Lipinski definition) is 0. The van der Waals surface area contributed by atoms with Crippen LogP contribution in [0.4, 0.5) is 0 Å². The molecule has 2 unspecified atom stereocenters. The third-order valence-electron chi connectivity index (χ3n) is 10.5. The van der Waals surface area contributed by atoms with Gasteiger partial charge in [0.15, 0.2) is 0 Å². The third kappa shape index (κ3) is 8.01. The molecule has 0 aliphatic heterocycles. The second-order valence-corrected chi connectivity index (χ2v) is 13.0. The molecule has 2 aliphatic carbocycles. The van der Waals surface area contributed by atoms with Gasteiger partial charge in [-0.2, -0.15) is 0 Å². The zero-order valence-corrected chi connectivity index (χ0v) is 30.4. The molecular formula is C42H50Cl2Ti. The number of fused-ring (bicyclic) bond motifs is 6. The molecule has 45 heavy (non-hydrogen) atoms. The average molecular weight is 674 g/mol. The molecule has 0 saturated heterocycles. The molecule has 0 N–H and O–H groups in total. The van der Waals surface area contributed by atoms with Gasteiger partial charge in [0, 0.05) is 11.8 Å². The first-order valence-corrected chi connectivity index (χ1v) is 17.2. The van der Waals surface area contributed by atoms with Crippen LogP contribution in [0.2, 0.25) is 0 Å². The van der Waals surface area contributed by atoms with Gasteiger partial charge in [-0.15, -0.1) is 0 Å². The summed E-state index contributed by atoms with van der Waals surface area (Å²) in [6.45, 7) is 4.66. The van der Waals surface area contributed by atoms with Crippen molar-refractivity contribution in [3.05, 3.63) is 119 Å². The molecule has 0 radical (unpaired) electrons. The molecule has 0 aromatic heterocycles. The normalized spacial score (nSPS) is 14.2. The van der Waals surface area contributed by atoms with E-state index in [0.717, 1.165) is 0 Å². The van der Waals surface area contributed by atoms with Crippen molar-refractivity contribution in [2.24, 2.45) is 11.8 Å². The maximum Gasteiger partial charge on any atom is 2.00 e. The van der Waals surface area contributed by atoms with E-state index < -0.39 is 0 Å². The zero-order chi connectivity index (χ0) is 28.7. The van der Waals surface area contributed by atoms with Gasteiger partial charge in [-0.25, -0.2) is 0 Å². The molecule has 4 aromatic rings. The minimum absolute atomic E-state index is 0. The monoisotopic (exact) mass is 672 g/mol. The van der Waals surface area contributed by atoms with E-state index in [2.05, 4.69) is 111 Å². The predicted molar refractivity (Wildman–Crippen MR) is 181 cm³/mol. The van der Waals surface area contributed by atoms with Crippen LogP contribution in [0.3, 0.4) is 0 Å². The van der Waals surface area contributed by atoms with Crippen LogP contribution in [-0.4, -0.2) is 0 Å². The molecule has 4 aromatic carbocycles. The van der Waals surface area contributed by atoms with E-state index in [1.54, 1.807) is 22.3 Å². The fourth-order valence-electron chi connectivity index (χ4n) is 8.53. The van der Waals surface area contributed by atoms with Gasteiger partial charge < -0.3 is 24.8 Å². The van der Waals surface area contributed by atoms with Crippen LogP contribution in [0.15, 0.2) is 97.1 Å². The molecule has 0 saturated carbocycles. The van der Waals surface area contributed by atoms with E-state index in [1.165, 1.54) is 99.3 Å². The SMILES string of the molecule is CCCCCCCC(C1c2ccccc2-c2ccccc21)C(CCCCCCC)C1c2ccccc2-c2ccccc21.[Cl-].[Cl-].[Ti+2]. The van der Waals surface area contributed by atoms with Crippen molar-refractivity contribution in [3.8, 4) is 22.3 Å². The Morgan fingerprint density at radius 2 is 0.667 bits per heavy atom. The molecule has 0 nitrogen and oxygen atoms in total. The van der Waals surface area contributed by atoms with Crippen LogP contribution in [0, 0.1) is 11.8 Å². The number of halogens is 2. The Hall–Kier alpha value is -1.83. The van der Waals surface area contributed by atoms with Crippen molar-refractivity contribution < 1.29 is 46.5 Å². The summed E-state index contributed by atoms with van der Waals surface area (Å²) in [7, 11) is 0. The van der Waals surface area contributed by atoms with Gasteiger partial charge >= 0.3 is 21.7 Å². The largest absolute Gasteiger partial charge is 2.00 e. The van der Waals surface area contributed by atoms with Gasteiger partial charge in [0.25, 0.3) is 0 Å². The quantitative estimate of drug-likeness (QED) is 0.0990. The maximum absolute atomic E-state index is 2.46. The predicted octanol–water partition coefficient (Wildman–Crippen LogP) is 6.57. The zero-order valence-electron chi connectivity index (χ0n) is 27.3. The molecule has 0 fully saturated rings. The van der Waals surface area contributed by atoms with Gasteiger partial charge in [0.2, 0.25) is 0 Å². The van der Waals surface area contributed by atoms with Gasteiger partial charge in [0.1, 0.15) is 0 Å². The summed E-state index contributed by atoms with van der Waals surface area (Å²) >= 11 is 0. The molecule has 0 amide bonds. The van der Waals surface area contributed by atoms with Crippen molar-refractivity contribution >= 4 is 0 Å². The summed E-state index contributed by atoms with van der Waals surface area (Å²) in [6.07, 6.45) is 16.1. The molecule has 2 aliphatic rings. The summed E-state index contributed by atoms with van der Waals surface area (Å²) in [6, 6.07) is 37.5. The molecular weight excluding hydrogens is 623 g/mol. The van der Waals surface area contributed by atoms with Crippen molar-refractivity contribution in [2.75, 3.05) is 0 Å². The number of benzene rings is 4. The fraction of sp³-hybridized carbons (Fsp3) is 0.429. The summed E-state index contributed by atoms with van der Waals surface area (Å²) in [4.78, 5) is 0. The smallest absolute Gasteiger partial charge is 1.00 e. The van der Waals surface area contributed by atoms with Crippen molar-refractivity contribution in [2.45, 2.75) is 103 Å². The van der Waals surface area contributed by atoms with Crippen LogP contribution < -0.4 is 24.8 Å². The number of hydrogen-bond acceptors (Lipinski definition) is 0. The number of unbranched alkanes of at least 4 members (excludes halogenated alkanes) is 8. The summed E-state index contributed by atoms with van der Waals surface area (Å²) in [5.41, 5.74) is 12.2. The van der Waals surface area contributed by atoms with E-state index in [0.29, 0.717) is 23.7 Å². The van der Waals surface area contributed by atoms with Crippen LogP contribution in [-0.2, 0) is 21.7 Å². The second-order valence-electron chi connectivity index (χ2n) is 13.0. The Morgan fingerprint density at radius 1 is 0.400 bits per heavy atom. The van der Waals surface area contributed by atoms with E-state index in [4.69, 9.17) is 0 Å². The fourth-order valence-corrected chi connectivity index (χ4v) is 8.53. The van der Waals surface area contributed by atoms with Gasteiger partial charge in [0.05, 0.1) is 0 Å². The molecule has 0 bridgehead atoms. The molecule has 2 atom stereocenters. The molecule has 3 heteroatoms. The van der Waals surface area contributed by atoms with E-state index >= 15 is 0 Å². The third-order valence-corrected chi connectivity index (χ3v) is 10.5. The topological polar surface area (TPSA) is 0 Å². The standard InChI is InChI=1S/C42H50.2ClH.Ti/c1-3-5-7-9-11-25-39(41-35-27-17-13-21-31(35)32-22-14-18-28-36(32)41)40(26-12-10-8-6-4-2)42-37-29-19-15-23-33(37)34-24-16-20-30-38(34)42;;;/h13-24,27-30,39-42H,3-12,25-26H2,1-2H3;2*1H;/q;;;+2/p-2. The Balaban J connectivity index is 0.00000184. The van der Waals surface area contributed by atoms with E-state index in [1.807, 2.05) is 0 Å². The Kier molecular flexibility index (Phi) is 15.5. The van der Waals surface area contributed by atoms with Crippen molar-refractivity contribution in [1.29, 1.82) is 0 Å². The molecule has 0 spiro atoms. The Labute approximate surface area is 300 Å². The van der Waals surface area contributed by atoms with Gasteiger partial charge in [-0.1, -0.05) is 175 Å². The van der Waals surface area contributed by atoms with Gasteiger partial charge in [-0.3, -0.25) is 0 Å². The number of rotatable bonds is 15. The van der Waals surface area contributed by atoms with Crippen LogP contribution in [0.1, 0.15) is 125 Å². The first-order chi connectivity index (χ1) is 20.8. The first kappa shape index (κ1) is 37.6. The van der Waals surface area contributed by atoms with Gasteiger partial charge in [-0.05, 0) is 69.2 Å². The minimum Gasteiger partial charge on any atom is -1.00 e. The van der Waals surface area contributed by atoms with Crippen LogP contribution in [0.5, 0.6) is 0 Å². The van der Waals surface area contributed by atoms with Crippen molar-refractivity contribution in [3.63, 3.8) is 0 Å². The summed E-state index contributed by atoms with van der Waals surface area (Å²) in [5.74, 6) is 2.19. The summed E-state index contributed by atoms with van der Waals surface area (Å²) in [5, 5.41) is 0. The van der Waals surface area contributed by atoms with Crippen LogP contribution in [0.25, 0.3) is 22.3 Å². The molecule has 6 rings (SSSR count). The molecule has 0 heterocycles. The maximum atomic E-state index is 2.46. The minimum atomic E-state index is 0. The first-order valence-electron chi connectivity index (χ1n) is 17.2. The Bertz CT molecular complexity index is 1260. The molecule has 236 valence electrons. The van der Waals surface area contributed by atoms with E-state index in [9.17, 15) is 0 Å². The van der Waals surface area contributed by atoms with Crippen molar-refractivity contribution in [1.82, 2.24) is 0 Å².